The van der Waals surface area contributed by atoms with Crippen molar-refractivity contribution in [1.29, 1.82) is 0 Å². The van der Waals surface area contributed by atoms with Crippen molar-refractivity contribution in [3.05, 3.63) is 0 Å². The van der Waals surface area contributed by atoms with E-state index in [-0.39, 0.29) is 0 Å². The minimum Gasteiger partial charge on any atom is -0.314 e. The zero-order valence-electron chi connectivity index (χ0n) is 14.1. The number of unbranched alkanes of at least 4 members (excludes halogenated alkanes) is 2. The maximum absolute atomic E-state index is 12.6. The molecule has 0 aromatic rings. The van der Waals surface area contributed by atoms with Gasteiger partial charge < -0.3 is 5.32 Å². The molecule has 1 saturated heterocycles. The molecule has 0 radical (unpaired) electrons. The topological polar surface area (TPSA) is 52.7 Å². The highest BCUT2D eigenvalue weighted by Gasteiger charge is 2.31. The fourth-order valence-electron chi connectivity index (χ4n) is 2.70. The summed E-state index contributed by atoms with van der Waals surface area (Å²) in [6, 6.07) is 0.453. The first-order chi connectivity index (χ1) is 9.87. The van der Waals surface area contributed by atoms with Gasteiger partial charge in [0.1, 0.15) is 0 Å². The quantitative estimate of drug-likeness (QED) is 0.662. The zero-order valence-corrected chi connectivity index (χ0v) is 15.0. The second kappa shape index (κ2) is 9.08. The van der Waals surface area contributed by atoms with Gasteiger partial charge in [-0.05, 0) is 31.7 Å². The Morgan fingerprint density at radius 1 is 1.33 bits per heavy atom. The maximum atomic E-state index is 12.6. The van der Waals surface area contributed by atoms with Crippen LogP contribution in [-0.2, 0) is 10.2 Å². The lowest BCUT2D eigenvalue weighted by molar-refractivity contribution is 0.243. The maximum Gasteiger partial charge on any atom is 0.281 e. The molecule has 0 saturated carbocycles. The van der Waals surface area contributed by atoms with Crippen molar-refractivity contribution in [3.63, 3.8) is 0 Å². The average Bonchev–Trinajstić information content (AvgIpc) is 2.45. The Hall–Kier alpha value is -0.170. The van der Waals surface area contributed by atoms with Crippen LogP contribution < -0.4 is 5.32 Å². The zero-order chi connectivity index (χ0) is 15.9. The van der Waals surface area contributed by atoms with Gasteiger partial charge in [0.25, 0.3) is 10.2 Å². The summed E-state index contributed by atoms with van der Waals surface area (Å²) in [7, 11) is -1.57. The molecular weight excluding hydrogens is 286 g/mol. The summed E-state index contributed by atoms with van der Waals surface area (Å²) in [6.45, 7) is 9.23. The summed E-state index contributed by atoms with van der Waals surface area (Å²) in [5.41, 5.74) is 0. The number of rotatable bonds is 9. The van der Waals surface area contributed by atoms with Crippen LogP contribution in [-0.4, -0.2) is 56.3 Å². The van der Waals surface area contributed by atoms with Gasteiger partial charge in [0.15, 0.2) is 0 Å². The molecule has 1 N–H and O–H groups in total. The molecule has 0 aliphatic carbocycles. The van der Waals surface area contributed by atoms with Crippen molar-refractivity contribution in [2.75, 3.05) is 33.2 Å². The molecule has 1 heterocycles. The Morgan fingerprint density at radius 3 is 2.67 bits per heavy atom. The van der Waals surface area contributed by atoms with Gasteiger partial charge in [0, 0.05) is 32.7 Å². The third kappa shape index (κ3) is 6.22. The first-order valence-corrected chi connectivity index (χ1v) is 9.72. The van der Waals surface area contributed by atoms with E-state index in [0.717, 1.165) is 38.6 Å². The third-order valence-electron chi connectivity index (χ3n) is 4.09. The predicted octanol–water partition coefficient (Wildman–Crippen LogP) is 2.06. The van der Waals surface area contributed by atoms with Crippen molar-refractivity contribution in [2.24, 2.45) is 5.92 Å². The normalized spacial score (nSPS) is 21.3. The summed E-state index contributed by atoms with van der Waals surface area (Å²) in [6.07, 6.45) is 5.22. The number of hydrogen-bond donors (Lipinski definition) is 1. The SMILES string of the molecule is CCCCCN(C)S(=O)(=O)N1CCCC(CNC(C)C)C1. The van der Waals surface area contributed by atoms with Gasteiger partial charge in [-0.2, -0.15) is 17.0 Å². The highest BCUT2D eigenvalue weighted by molar-refractivity contribution is 7.86. The second-order valence-electron chi connectivity index (χ2n) is 6.47. The smallest absolute Gasteiger partial charge is 0.281 e. The Kier molecular flexibility index (Phi) is 8.16. The van der Waals surface area contributed by atoms with Crippen LogP contribution >= 0.6 is 0 Å². The monoisotopic (exact) mass is 319 g/mol. The first kappa shape index (κ1) is 18.9. The molecule has 0 amide bonds. The molecule has 0 bridgehead atoms. The van der Waals surface area contributed by atoms with E-state index in [0.29, 0.717) is 31.6 Å². The van der Waals surface area contributed by atoms with E-state index in [1.165, 1.54) is 4.31 Å². The van der Waals surface area contributed by atoms with Gasteiger partial charge in [-0.15, -0.1) is 0 Å². The van der Waals surface area contributed by atoms with E-state index in [9.17, 15) is 8.42 Å². The lowest BCUT2D eigenvalue weighted by Crippen LogP contribution is -2.48. The lowest BCUT2D eigenvalue weighted by Gasteiger charge is -2.34. The van der Waals surface area contributed by atoms with Gasteiger partial charge >= 0.3 is 0 Å². The molecule has 1 unspecified atom stereocenters. The minimum absolute atomic E-state index is 0.431. The average molecular weight is 320 g/mol. The van der Waals surface area contributed by atoms with Crippen LogP contribution in [0.2, 0.25) is 0 Å². The van der Waals surface area contributed by atoms with E-state index in [1.807, 2.05) is 0 Å². The van der Waals surface area contributed by atoms with Crippen LogP contribution in [0.4, 0.5) is 0 Å². The molecule has 0 spiro atoms. The Morgan fingerprint density at radius 2 is 2.05 bits per heavy atom. The molecule has 6 heteroatoms. The molecule has 0 aromatic heterocycles. The summed E-state index contributed by atoms with van der Waals surface area (Å²) >= 11 is 0. The molecule has 1 rings (SSSR count). The fourth-order valence-corrected chi connectivity index (χ4v) is 4.22. The summed E-state index contributed by atoms with van der Waals surface area (Å²) in [5.74, 6) is 0.431. The van der Waals surface area contributed by atoms with Gasteiger partial charge in [0.05, 0.1) is 0 Å². The molecule has 1 atom stereocenters. The van der Waals surface area contributed by atoms with Gasteiger partial charge in [-0.3, -0.25) is 0 Å². The van der Waals surface area contributed by atoms with Crippen LogP contribution in [0.1, 0.15) is 52.9 Å². The molecule has 1 fully saturated rings. The third-order valence-corrected chi connectivity index (χ3v) is 6.05. The van der Waals surface area contributed by atoms with Crippen LogP contribution in [0.15, 0.2) is 0 Å². The van der Waals surface area contributed by atoms with Crippen LogP contribution in [0, 0.1) is 5.92 Å². The van der Waals surface area contributed by atoms with Crippen molar-refractivity contribution in [3.8, 4) is 0 Å². The van der Waals surface area contributed by atoms with Gasteiger partial charge in [-0.1, -0.05) is 33.6 Å². The summed E-state index contributed by atoms with van der Waals surface area (Å²) in [5, 5.41) is 3.42. The first-order valence-electron chi connectivity index (χ1n) is 8.32. The number of hydrogen-bond acceptors (Lipinski definition) is 3. The van der Waals surface area contributed by atoms with Crippen LogP contribution in [0.5, 0.6) is 0 Å². The Labute approximate surface area is 131 Å². The summed E-state index contributed by atoms with van der Waals surface area (Å²) in [4.78, 5) is 0. The number of nitrogens with zero attached hydrogens (tertiary/aromatic N) is 2. The standard InChI is InChI=1S/C15H33N3O2S/c1-5-6-7-10-17(4)21(19,20)18-11-8-9-15(13-18)12-16-14(2)3/h14-16H,5-13H2,1-4H3. The fraction of sp³-hybridized carbons (Fsp3) is 1.00. The van der Waals surface area contributed by atoms with E-state index >= 15 is 0 Å². The van der Waals surface area contributed by atoms with Gasteiger partial charge in [-0.25, -0.2) is 0 Å². The highest BCUT2D eigenvalue weighted by atomic mass is 32.2. The molecule has 1 aliphatic rings. The van der Waals surface area contributed by atoms with E-state index < -0.39 is 10.2 Å². The van der Waals surface area contributed by atoms with E-state index in [4.69, 9.17) is 0 Å². The molecule has 5 nitrogen and oxygen atoms in total. The minimum atomic E-state index is -3.28. The largest absolute Gasteiger partial charge is 0.314 e. The van der Waals surface area contributed by atoms with Crippen LogP contribution in [0.25, 0.3) is 0 Å². The number of piperidine rings is 1. The summed E-state index contributed by atoms with van der Waals surface area (Å²) < 4.78 is 28.4. The van der Waals surface area contributed by atoms with Crippen molar-refractivity contribution in [2.45, 2.75) is 58.9 Å². The molecule has 1 aliphatic heterocycles. The Balaban J connectivity index is 2.53. The molecule has 0 aromatic carbocycles. The van der Waals surface area contributed by atoms with E-state index in [1.54, 1.807) is 11.4 Å². The molecular formula is C15H33N3O2S. The van der Waals surface area contributed by atoms with E-state index in [2.05, 4.69) is 26.1 Å². The molecule has 21 heavy (non-hydrogen) atoms. The van der Waals surface area contributed by atoms with Gasteiger partial charge in [0.2, 0.25) is 0 Å². The van der Waals surface area contributed by atoms with Crippen LogP contribution in [0.3, 0.4) is 0 Å². The molecule has 126 valence electrons. The van der Waals surface area contributed by atoms with Crippen molar-refractivity contribution < 1.29 is 8.42 Å². The van der Waals surface area contributed by atoms with Crippen molar-refractivity contribution in [1.82, 2.24) is 13.9 Å². The second-order valence-corrected chi connectivity index (χ2v) is 8.50. The highest BCUT2D eigenvalue weighted by Crippen LogP contribution is 2.20. The van der Waals surface area contributed by atoms with Crippen molar-refractivity contribution >= 4 is 10.2 Å². The predicted molar refractivity (Wildman–Crippen MR) is 88.5 cm³/mol. The Bertz CT molecular complexity index is 384. The lowest BCUT2D eigenvalue weighted by atomic mass is 9.99. The number of nitrogens with one attached hydrogen (secondary N) is 1.